The lowest BCUT2D eigenvalue weighted by Crippen LogP contribution is -2.43. The number of hydrogen-bond donors (Lipinski definition) is 0. The summed E-state index contributed by atoms with van der Waals surface area (Å²) in [5.41, 5.74) is 2.64. The van der Waals surface area contributed by atoms with Gasteiger partial charge in [0.05, 0.1) is 11.6 Å². The van der Waals surface area contributed by atoms with Crippen LogP contribution in [-0.4, -0.2) is 29.2 Å². The third kappa shape index (κ3) is 3.61. The summed E-state index contributed by atoms with van der Waals surface area (Å²) in [4.78, 5) is 26.5. The maximum Gasteiger partial charge on any atom is 0.136 e. The van der Waals surface area contributed by atoms with Gasteiger partial charge < -0.3 is 0 Å². The second kappa shape index (κ2) is 7.71. The predicted octanol–water partition coefficient (Wildman–Crippen LogP) is 4.29. The van der Waals surface area contributed by atoms with Gasteiger partial charge in [-0.25, -0.2) is 4.79 Å². The molecular formula is C24H21NO2. The number of Topliss-reactive ketones (excluding diaryl/α,β-unsaturated/α-hetero) is 1. The average Bonchev–Trinajstić information content (AvgIpc) is 2.71. The maximum absolute atomic E-state index is 12.2. The fourth-order valence-electron chi connectivity index (χ4n) is 3.93. The second-order valence-electron chi connectivity index (χ2n) is 7.01. The summed E-state index contributed by atoms with van der Waals surface area (Å²) in [6.45, 7) is 1.38. The molecule has 0 saturated carbocycles. The van der Waals surface area contributed by atoms with Crippen LogP contribution in [0.15, 0.2) is 72.8 Å². The van der Waals surface area contributed by atoms with Crippen LogP contribution in [0.4, 0.5) is 0 Å². The van der Waals surface area contributed by atoms with Gasteiger partial charge in [0.1, 0.15) is 11.7 Å². The summed E-state index contributed by atoms with van der Waals surface area (Å²) in [7, 11) is 0. The zero-order chi connectivity index (χ0) is 18.6. The van der Waals surface area contributed by atoms with Crippen LogP contribution in [0.5, 0.6) is 0 Å². The zero-order valence-corrected chi connectivity index (χ0v) is 15.1. The highest BCUT2D eigenvalue weighted by Crippen LogP contribution is 2.32. The van der Waals surface area contributed by atoms with E-state index < -0.39 is 0 Å². The van der Waals surface area contributed by atoms with Gasteiger partial charge in [0.2, 0.25) is 0 Å². The minimum atomic E-state index is -0.241. The van der Waals surface area contributed by atoms with E-state index in [1.165, 1.54) is 5.56 Å². The molecule has 0 bridgehead atoms. The Kier molecular flexibility index (Phi) is 4.97. The molecule has 3 heteroatoms. The minimum absolute atomic E-state index is 0.206. The second-order valence-corrected chi connectivity index (χ2v) is 7.01. The van der Waals surface area contributed by atoms with Crippen LogP contribution in [0.1, 0.15) is 24.0 Å². The number of hydrogen-bond acceptors (Lipinski definition) is 3. The fraction of sp³-hybridized carbons (Fsp3) is 0.208. The van der Waals surface area contributed by atoms with Crippen LogP contribution in [-0.2, 0) is 16.1 Å². The minimum Gasteiger partial charge on any atom is -0.300 e. The van der Waals surface area contributed by atoms with E-state index in [9.17, 15) is 9.59 Å². The summed E-state index contributed by atoms with van der Waals surface area (Å²) >= 11 is 0. The number of fused-ring (bicyclic) bond motifs is 1. The van der Waals surface area contributed by atoms with Crippen molar-refractivity contribution in [2.24, 2.45) is 0 Å². The summed E-state index contributed by atoms with van der Waals surface area (Å²) in [5.74, 6) is 2.40. The Morgan fingerprint density at radius 2 is 1.70 bits per heavy atom. The lowest BCUT2D eigenvalue weighted by Gasteiger charge is -2.35. The van der Waals surface area contributed by atoms with Crippen molar-refractivity contribution in [2.75, 3.05) is 6.54 Å². The Balaban J connectivity index is 1.74. The van der Waals surface area contributed by atoms with Gasteiger partial charge in [-0.15, -0.1) is 0 Å². The molecule has 3 aromatic rings. The van der Waals surface area contributed by atoms with Crippen LogP contribution in [0.25, 0.3) is 16.3 Å². The number of rotatable bonds is 4. The molecule has 4 rings (SSSR count). The molecule has 0 N–H and O–H groups in total. The number of ketones is 1. The zero-order valence-electron chi connectivity index (χ0n) is 15.1. The molecule has 0 spiro atoms. The van der Waals surface area contributed by atoms with Gasteiger partial charge >= 0.3 is 0 Å². The van der Waals surface area contributed by atoms with Crippen molar-refractivity contribution in [1.82, 2.24) is 4.90 Å². The van der Waals surface area contributed by atoms with Crippen molar-refractivity contribution in [3.8, 4) is 0 Å². The number of carbonyl (C=O) groups excluding carboxylic acids is 2. The number of carbonyl (C=O) groups is 1. The molecule has 1 fully saturated rings. The molecule has 1 saturated heterocycles. The van der Waals surface area contributed by atoms with Crippen molar-refractivity contribution in [3.05, 3.63) is 83.9 Å². The molecule has 3 nitrogen and oxygen atoms in total. The molecule has 3 aromatic carbocycles. The molecule has 134 valence electrons. The highest BCUT2D eigenvalue weighted by Gasteiger charge is 2.31. The van der Waals surface area contributed by atoms with Gasteiger partial charge in [-0.2, -0.15) is 0 Å². The van der Waals surface area contributed by atoms with E-state index in [2.05, 4.69) is 23.0 Å². The van der Waals surface area contributed by atoms with E-state index in [0.29, 0.717) is 31.5 Å². The van der Waals surface area contributed by atoms with Crippen molar-refractivity contribution >= 4 is 28.1 Å². The number of likely N-dealkylation sites (tertiary alicyclic amines) is 1. The van der Waals surface area contributed by atoms with Crippen LogP contribution >= 0.6 is 0 Å². The first-order valence-corrected chi connectivity index (χ1v) is 9.29. The van der Waals surface area contributed by atoms with E-state index in [1.807, 2.05) is 60.7 Å². The van der Waals surface area contributed by atoms with Gasteiger partial charge in [-0.05, 0) is 21.9 Å². The summed E-state index contributed by atoms with van der Waals surface area (Å²) in [6, 6.07) is 23.9. The Morgan fingerprint density at radius 1 is 0.963 bits per heavy atom. The smallest absolute Gasteiger partial charge is 0.136 e. The Hall–Kier alpha value is -3.00. The molecule has 0 amide bonds. The molecule has 1 aliphatic rings. The standard InChI is InChI=1S/C24H21NO2/c26-17-23(22-12-6-10-19-9-4-5-11-21(19)22)24-15-20(27)13-14-25(24)16-18-7-2-1-3-8-18/h1-12,24H,13-16H2. The molecule has 0 radical (unpaired) electrons. The maximum atomic E-state index is 12.2. The highest BCUT2D eigenvalue weighted by atomic mass is 16.1. The molecule has 0 aliphatic carbocycles. The highest BCUT2D eigenvalue weighted by molar-refractivity contribution is 6.03. The van der Waals surface area contributed by atoms with Crippen molar-refractivity contribution in [3.63, 3.8) is 0 Å². The Labute approximate surface area is 158 Å². The van der Waals surface area contributed by atoms with Gasteiger partial charge in [-0.3, -0.25) is 9.69 Å². The van der Waals surface area contributed by atoms with Crippen LogP contribution < -0.4 is 0 Å². The number of piperidine rings is 1. The van der Waals surface area contributed by atoms with Gasteiger partial charge in [0.25, 0.3) is 0 Å². The van der Waals surface area contributed by atoms with Crippen molar-refractivity contribution in [1.29, 1.82) is 0 Å². The quantitative estimate of drug-likeness (QED) is 0.655. The third-order valence-corrected chi connectivity index (χ3v) is 5.29. The van der Waals surface area contributed by atoms with Gasteiger partial charge in [0, 0.05) is 25.9 Å². The molecule has 1 atom stereocenters. The van der Waals surface area contributed by atoms with E-state index in [-0.39, 0.29) is 11.8 Å². The molecule has 27 heavy (non-hydrogen) atoms. The molecule has 1 aliphatic heterocycles. The van der Waals surface area contributed by atoms with E-state index in [1.54, 1.807) is 0 Å². The number of nitrogens with zero attached hydrogens (tertiary/aromatic N) is 1. The largest absolute Gasteiger partial charge is 0.300 e. The van der Waals surface area contributed by atoms with Crippen LogP contribution in [0.2, 0.25) is 0 Å². The van der Waals surface area contributed by atoms with Gasteiger partial charge in [0.15, 0.2) is 0 Å². The summed E-state index contributed by atoms with van der Waals surface area (Å²) in [6.07, 6.45) is 0.894. The molecule has 0 aromatic heterocycles. The predicted molar refractivity (Wildman–Crippen MR) is 108 cm³/mol. The summed E-state index contributed by atoms with van der Waals surface area (Å²) < 4.78 is 0. The molecule has 1 heterocycles. The Bertz CT molecular complexity index is 1010. The molecule has 1 unspecified atom stereocenters. The first-order chi connectivity index (χ1) is 13.3. The first-order valence-electron chi connectivity index (χ1n) is 9.29. The normalized spacial score (nSPS) is 17.6. The fourth-order valence-corrected chi connectivity index (χ4v) is 3.93. The monoisotopic (exact) mass is 355 g/mol. The van der Waals surface area contributed by atoms with E-state index >= 15 is 0 Å². The van der Waals surface area contributed by atoms with Crippen LogP contribution in [0, 0.1) is 0 Å². The topological polar surface area (TPSA) is 37.4 Å². The first kappa shape index (κ1) is 17.4. The Morgan fingerprint density at radius 3 is 2.52 bits per heavy atom. The average molecular weight is 355 g/mol. The van der Waals surface area contributed by atoms with E-state index in [4.69, 9.17) is 0 Å². The van der Waals surface area contributed by atoms with Gasteiger partial charge in [-0.1, -0.05) is 72.8 Å². The van der Waals surface area contributed by atoms with Crippen molar-refractivity contribution in [2.45, 2.75) is 25.4 Å². The molecular weight excluding hydrogens is 334 g/mol. The van der Waals surface area contributed by atoms with E-state index in [0.717, 1.165) is 16.3 Å². The third-order valence-electron chi connectivity index (χ3n) is 5.29. The van der Waals surface area contributed by atoms with Crippen molar-refractivity contribution < 1.29 is 9.59 Å². The SMILES string of the molecule is O=C=C(c1cccc2ccccc12)C1CC(=O)CCN1Cc1ccccc1. The lowest BCUT2D eigenvalue weighted by molar-refractivity contribution is -0.122. The van der Waals surface area contributed by atoms with Crippen LogP contribution in [0.3, 0.4) is 0 Å². The number of benzene rings is 3. The summed E-state index contributed by atoms with van der Waals surface area (Å²) in [5, 5.41) is 2.11. The lowest BCUT2D eigenvalue weighted by atomic mass is 9.88.